The zero-order valence-electron chi connectivity index (χ0n) is 25.1. The molecule has 0 spiro atoms. The molecule has 1 heterocycles. The number of benzene rings is 2. The third-order valence-corrected chi connectivity index (χ3v) is 6.92. The third kappa shape index (κ3) is 8.77. The summed E-state index contributed by atoms with van der Waals surface area (Å²) in [5, 5.41) is 12.4. The van der Waals surface area contributed by atoms with Crippen molar-refractivity contribution >= 4 is 23.0 Å². The molecule has 212 valence electrons. The van der Waals surface area contributed by atoms with Gasteiger partial charge in [0.1, 0.15) is 0 Å². The van der Waals surface area contributed by atoms with Crippen LogP contribution < -0.4 is 5.32 Å². The van der Waals surface area contributed by atoms with Crippen molar-refractivity contribution < 1.29 is 14.7 Å². The predicted octanol–water partition coefficient (Wildman–Crippen LogP) is 8.05. The molecule has 2 aromatic carbocycles. The number of carbonyl (C=O) groups excluding carboxylic acids is 1. The Morgan fingerprint density at radius 3 is 2.08 bits per heavy atom. The Morgan fingerprint density at radius 1 is 0.850 bits per heavy atom. The Labute approximate surface area is 240 Å². The van der Waals surface area contributed by atoms with Crippen LogP contribution in [0.2, 0.25) is 0 Å². The van der Waals surface area contributed by atoms with Gasteiger partial charge in [-0.1, -0.05) is 70.2 Å². The first kappa shape index (κ1) is 32.2. The summed E-state index contributed by atoms with van der Waals surface area (Å²) in [6.07, 6.45) is 9.71. The minimum absolute atomic E-state index is 0.0128. The number of amides is 1. The molecular weight excluding hydrogens is 496 g/mol. The third-order valence-electron chi connectivity index (χ3n) is 6.92. The van der Waals surface area contributed by atoms with Gasteiger partial charge < -0.3 is 10.4 Å². The summed E-state index contributed by atoms with van der Waals surface area (Å²) in [7, 11) is 0. The van der Waals surface area contributed by atoms with E-state index in [0.717, 1.165) is 46.2 Å². The summed E-state index contributed by atoms with van der Waals surface area (Å²) in [5.41, 5.74) is 10.2. The normalized spacial score (nSPS) is 11.5. The van der Waals surface area contributed by atoms with Crippen LogP contribution in [0.4, 0.5) is 0 Å². The molecule has 5 heteroatoms. The summed E-state index contributed by atoms with van der Waals surface area (Å²) < 4.78 is 0. The molecule has 1 amide bonds. The minimum Gasteiger partial charge on any atom is -0.481 e. The van der Waals surface area contributed by atoms with Crippen LogP contribution in [0.1, 0.15) is 104 Å². The fourth-order valence-corrected chi connectivity index (χ4v) is 4.65. The van der Waals surface area contributed by atoms with E-state index in [4.69, 9.17) is 0 Å². The minimum atomic E-state index is -0.844. The van der Waals surface area contributed by atoms with E-state index in [9.17, 15) is 14.7 Å². The zero-order valence-corrected chi connectivity index (χ0v) is 25.1. The summed E-state index contributed by atoms with van der Waals surface area (Å²) in [6.45, 7) is 14.7. The number of carboxylic acids is 1. The highest BCUT2D eigenvalue weighted by Crippen LogP contribution is 2.26. The smallest absolute Gasteiger partial charge is 0.307 e. The quantitative estimate of drug-likeness (QED) is 0.258. The number of aryl methyl sites for hydroxylation is 2. The number of aromatic nitrogens is 1. The summed E-state index contributed by atoms with van der Waals surface area (Å²) in [6, 6.07) is 14.4. The molecule has 40 heavy (non-hydrogen) atoms. The maximum Gasteiger partial charge on any atom is 0.307 e. The molecule has 3 aromatic rings. The van der Waals surface area contributed by atoms with Crippen molar-refractivity contribution in [3.63, 3.8) is 0 Å². The van der Waals surface area contributed by atoms with Crippen LogP contribution in [0.5, 0.6) is 0 Å². The Morgan fingerprint density at radius 2 is 1.48 bits per heavy atom. The molecule has 0 fully saturated rings. The van der Waals surface area contributed by atoms with Crippen molar-refractivity contribution in [1.82, 2.24) is 10.3 Å². The molecule has 0 radical (unpaired) electrons. The molecule has 0 saturated heterocycles. The second kappa shape index (κ2) is 16.2. The number of hydrogen-bond donors (Lipinski definition) is 2. The number of pyridine rings is 1. The van der Waals surface area contributed by atoms with Gasteiger partial charge in [-0.2, -0.15) is 0 Å². The number of hydrogen-bond acceptors (Lipinski definition) is 3. The molecule has 3 rings (SSSR count). The van der Waals surface area contributed by atoms with Gasteiger partial charge in [0.15, 0.2) is 0 Å². The van der Waals surface area contributed by atoms with Crippen molar-refractivity contribution in [3.8, 4) is 0 Å². The lowest BCUT2D eigenvalue weighted by molar-refractivity contribution is -0.135. The molecule has 0 atom stereocenters. The van der Waals surface area contributed by atoms with Gasteiger partial charge in [0, 0.05) is 18.9 Å². The van der Waals surface area contributed by atoms with E-state index in [1.807, 2.05) is 39.8 Å². The van der Waals surface area contributed by atoms with Gasteiger partial charge >= 0.3 is 5.97 Å². The number of aliphatic carboxylic acids is 1. The summed E-state index contributed by atoms with van der Waals surface area (Å²) >= 11 is 0. The van der Waals surface area contributed by atoms with Gasteiger partial charge in [-0.25, -0.2) is 0 Å². The fourth-order valence-electron chi connectivity index (χ4n) is 4.65. The second-order valence-corrected chi connectivity index (χ2v) is 9.49. The highest BCUT2D eigenvalue weighted by Gasteiger charge is 2.13. The molecule has 0 unspecified atom stereocenters. The van der Waals surface area contributed by atoms with Crippen LogP contribution in [0.3, 0.4) is 0 Å². The molecule has 1 aromatic heterocycles. The first-order chi connectivity index (χ1) is 19.3. The number of carboxylic acid groups (broad SMARTS) is 1. The van der Waals surface area contributed by atoms with Crippen molar-refractivity contribution in [2.75, 3.05) is 0 Å². The van der Waals surface area contributed by atoms with Crippen molar-refractivity contribution in [2.45, 2.75) is 80.7 Å². The van der Waals surface area contributed by atoms with E-state index < -0.39 is 5.97 Å². The average Bonchev–Trinajstić information content (AvgIpc) is 2.99. The van der Waals surface area contributed by atoms with Crippen molar-refractivity contribution in [2.24, 2.45) is 0 Å². The number of nitrogens with one attached hydrogen (secondary N) is 1. The zero-order chi connectivity index (χ0) is 29.7. The van der Waals surface area contributed by atoms with Crippen LogP contribution in [-0.2, 0) is 30.6 Å². The molecule has 0 saturated carbocycles. The van der Waals surface area contributed by atoms with E-state index >= 15 is 0 Å². The highest BCUT2D eigenvalue weighted by molar-refractivity contribution is 5.94. The molecule has 0 aliphatic rings. The monoisotopic (exact) mass is 540 g/mol. The molecule has 5 nitrogen and oxygen atoms in total. The first-order valence-corrected chi connectivity index (χ1v) is 14.3. The predicted molar refractivity (Wildman–Crippen MR) is 166 cm³/mol. The Hall–Kier alpha value is -3.99. The van der Waals surface area contributed by atoms with Crippen LogP contribution in [0, 0.1) is 0 Å². The standard InChI is InChI=1S/C33H38N2O3.C2H6/c1-6-22(5)30-17-24(11-13-26(30)7-2)20-35-33(38)29-15-25(19-34-21-29)14-23-10-12-27(8-3)31(16-23)28(9-4)18-32(36)37;1-2/h6,9-13,15-17,19,21H,7-8,14,18,20H2,1-5H3,(H,35,38)(H,36,37);1-2H3/b22-6-,28-9-;. The van der Waals surface area contributed by atoms with Gasteiger partial charge in [0.25, 0.3) is 5.91 Å². The van der Waals surface area contributed by atoms with Gasteiger partial charge in [-0.15, -0.1) is 0 Å². The maximum atomic E-state index is 13.0. The van der Waals surface area contributed by atoms with Crippen LogP contribution in [0.15, 0.2) is 67.0 Å². The van der Waals surface area contributed by atoms with E-state index in [1.54, 1.807) is 12.4 Å². The van der Waals surface area contributed by atoms with E-state index in [2.05, 4.69) is 73.5 Å². The lowest BCUT2D eigenvalue weighted by Crippen LogP contribution is -2.23. The van der Waals surface area contributed by atoms with E-state index in [0.29, 0.717) is 18.5 Å². The Kier molecular flexibility index (Phi) is 13.0. The van der Waals surface area contributed by atoms with Gasteiger partial charge in [0.05, 0.1) is 12.0 Å². The van der Waals surface area contributed by atoms with E-state index in [1.165, 1.54) is 16.7 Å². The average molecular weight is 541 g/mol. The number of carbonyl (C=O) groups is 2. The highest BCUT2D eigenvalue weighted by atomic mass is 16.4. The number of nitrogens with zero attached hydrogens (tertiary/aromatic N) is 1. The van der Waals surface area contributed by atoms with E-state index in [-0.39, 0.29) is 12.3 Å². The summed E-state index contributed by atoms with van der Waals surface area (Å²) in [4.78, 5) is 28.6. The number of rotatable bonds is 11. The maximum absolute atomic E-state index is 13.0. The van der Waals surface area contributed by atoms with Crippen LogP contribution >= 0.6 is 0 Å². The Balaban J connectivity index is 0.00000274. The molecule has 0 bridgehead atoms. The molecular formula is C35H44N2O3. The largest absolute Gasteiger partial charge is 0.481 e. The second-order valence-electron chi connectivity index (χ2n) is 9.49. The van der Waals surface area contributed by atoms with Crippen LogP contribution in [0.25, 0.3) is 11.1 Å². The van der Waals surface area contributed by atoms with Gasteiger partial charge in [-0.05, 0) is 102 Å². The number of allylic oxidation sites excluding steroid dienone is 3. The first-order valence-electron chi connectivity index (χ1n) is 14.3. The van der Waals surface area contributed by atoms with Crippen LogP contribution in [-0.4, -0.2) is 22.0 Å². The van der Waals surface area contributed by atoms with Crippen molar-refractivity contribution in [3.05, 3.63) is 112 Å². The molecule has 0 aliphatic carbocycles. The molecule has 2 N–H and O–H groups in total. The van der Waals surface area contributed by atoms with Gasteiger partial charge in [0.2, 0.25) is 0 Å². The SMILES string of the molecule is C/C=C(/C)c1cc(CNC(=O)c2cncc(Cc3ccc(CC)c(/C(=C\C)CC(=O)O)c3)c2)ccc1CC.CC. The lowest BCUT2D eigenvalue weighted by Gasteiger charge is -2.14. The molecule has 0 aliphatic heterocycles. The lowest BCUT2D eigenvalue weighted by atomic mass is 9.92. The Bertz CT molecular complexity index is 1370. The van der Waals surface area contributed by atoms with Gasteiger partial charge in [-0.3, -0.25) is 14.6 Å². The topological polar surface area (TPSA) is 79.3 Å². The fraction of sp³-hybridized carbons (Fsp3) is 0.343. The van der Waals surface area contributed by atoms with Crippen molar-refractivity contribution in [1.29, 1.82) is 0 Å². The summed E-state index contributed by atoms with van der Waals surface area (Å²) in [5.74, 6) is -1.01.